The lowest BCUT2D eigenvalue weighted by atomic mass is 10.1. The number of amides is 1. The van der Waals surface area contributed by atoms with Crippen molar-refractivity contribution in [1.29, 1.82) is 0 Å². The lowest BCUT2D eigenvalue weighted by molar-refractivity contribution is -0.123. The van der Waals surface area contributed by atoms with E-state index in [1.807, 2.05) is 0 Å². The zero-order chi connectivity index (χ0) is 10.7. The molecule has 0 spiro atoms. The van der Waals surface area contributed by atoms with E-state index in [-0.39, 0.29) is 11.9 Å². The zero-order valence-corrected chi connectivity index (χ0v) is 8.23. The Balaban J connectivity index is 2.08. The van der Waals surface area contributed by atoms with Gasteiger partial charge in [0.1, 0.15) is 6.04 Å². The highest BCUT2D eigenvalue weighted by molar-refractivity contribution is 5.85. The van der Waals surface area contributed by atoms with Gasteiger partial charge in [-0.15, -0.1) is 0 Å². The Kier molecular flexibility index (Phi) is 2.66. The summed E-state index contributed by atoms with van der Waals surface area (Å²) in [5.74, 6) is 0.779. The summed E-state index contributed by atoms with van der Waals surface area (Å²) < 4.78 is 0. The van der Waals surface area contributed by atoms with Gasteiger partial charge in [0.05, 0.1) is 0 Å². The molecule has 1 atom stereocenters. The Bertz CT molecular complexity index is 367. The summed E-state index contributed by atoms with van der Waals surface area (Å²) in [6, 6.07) is -0.252. The number of nitrogen functional groups attached to an aromatic ring is 1. The van der Waals surface area contributed by atoms with E-state index in [9.17, 15) is 4.79 Å². The number of rotatable bonds is 2. The molecule has 0 aromatic carbocycles. The summed E-state index contributed by atoms with van der Waals surface area (Å²) in [6.07, 6.45) is 4.81. The molecule has 0 aliphatic carbocycles. The molecule has 1 aliphatic heterocycles. The monoisotopic (exact) mass is 207 g/mol. The fraction of sp³-hybridized carbons (Fsp3) is 0.444. The van der Waals surface area contributed by atoms with E-state index in [1.165, 1.54) is 6.20 Å². The molecule has 15 heavy (non-hydrogen) atoms. The van der Waals surface area contributed by atoms with Crippen molar-refractivity contribution in [3.8, 4) is 0 Å². The number of hydrogen-bond acceptors (Lipinski definition) is 5. The third-order valence-corrected chi connectivity index (χ3v) is 2.32. The molecular formula is C9H13N5O. The van der Waals surface area contributed by atoms with Crippen molar-refractivity contribution >= 4 is 17.5 Å². The first-order valence-electron chi connectivity index (χ1n) is 4.88. The van der Waals surface area contributed by atoms with E-state index >= 15 is 0 Å². The first-order valence-corrected chi connectivity index (χ1v) is 4.88. The maximum absolute atomic E-state index is 11.4. The first-order chi connectivity index (χ1) is 7.27. The van der Waals surface area contributed by atoms with Gasteiger partial charge in [-0.25, -0.2) is 9.97 Å². The van der Waals surface area contributed by atoms with Gasteiger partial charge in [-0.2, -0.15) is 0 Å². The normalized spacial score (nSPS) is 20.8. The van der Waals surface area contributed by atoms with Crippen molar-refractivity contribution in [1.82, 2.24) is 15.3 Å². The summed E-state index contributed by atoms with van der Waals surface area (Å²) in [5.41, 5.74) is 5.62. The fourth-order valence-corrected chi connectivity index (χ4v) is 1.53. The molecule has 1 amide bonds. The van der Waals surface area contributed by atoms with Crippen LogP contribution in [0, 0.1) is 0 Å². The van der Waals surface area contributed by atoms with Crippen molar-refractivity contribution in [3.63, 3.8) is 0 Å². The van der Waals surface area contributed by atoms with Crippen molar-refractivity contribution in [3.05, 3.63) is 12.4 Å². The Morgan fingerprint density at radius 3 is 3.00 bits per heavy atom. The molecule has 1 aliphatic rings. The molecule has 0 saturated carbocycles. The quantitative estimate of drug-likeness (QED) is 0.621. The third-order valence-electron chi connectivity index (χ3n) is 2.32. The molecule has 1 fully saturated rings. The number of nitrogens with two attached hydrogens (primary N) is 1. The lowest BCUT2D eigenvalue weighted by Gasteiger charge is -2.23. The van der Waals surface area contributed by atoms with E-state index in [2.05, 4.69) is 20.6 Å². The molecule has 0 radical (unpaired) electrons. The van der Waals surface area contributed by atoms with Crippen LogP contribution in [-0.2, 0) is 4.79 Å². The number of carbonyl (C=O) groups excluding carboxylic acids is 1. The molecule has 1 aromatic heterocycles. The Hall–Kier alpha value is -1.85. The van der Waals surface area contributed by atoms with Crippen LogP contribution in [0.2, 0.25) is 0 Å². The number of hydrogen-bond donors (Lipinski definition) is 3. The van der Waals surface area contributed by atoms with Crippen LogP contribution >= 0.6 is 0 Å². The predicted octanol–water partition coefficient (Wildman–Crippen LogP) is -0.251. The van der Waals surface area contributed by atoms with E-state index in [0.29, 0.717) is 11.6 Å². The molecule has 1 unspecified atom stereocenters. The average molecular weight is 207 g/mol. The van der Waals surface area contributed by atoms with Gasteiger partial charge in [0, 0.05) is 18.9 Å². The lowest BCUT2D eigenvalue weighted by Crippen LogP contribution is -2.44. The van der Waals surface area contributed by atoms with Crippen molar-refractivity contribution in [2.24, 2.45) is 0 Å². The van der Waals surface area contributed by atoms with Gasteiger partial charge >= 0.3 is 0 Å². The standard InChI is InChI=1S/C9H13N5O/c10-7-8(12-5-4-11-7)14-6-2-1-3-13-9(6)15/h4-6H,1-3H2,(H2,10,11)(H,12,14)(H,13,15). The molecule has 6 nitrogen and oxygen atoms in total. The molecule has 1 aromatic rings. The van der Waals surface area contributed by atoms with Crippen LogP contribution < -0.4 is 16.4 Å². The van der Waals surface area contributed by atoms with Crippen molar-refractivity contribution < 1.29 is 4.79 Å². The maximum Gasteiger partial charge on any atom is 0.242 e. The second-order valence-electron chi connectivity index (χ2n) is 3.42. The summed E-state index contributed by atoms with van der Waals surface area (Å²) in [7, 11) is 0. The van der Waals surface area contributed by atoms with Gasteiger partial charge in [-0.05, 0) is 12.8 Å². The number of aromatic nitrogens is 2. The largest absolute Gasteiger partial charge is 0.381 e. The van der Waals surface area contributed by atoms with Crippen LogP contribution in [-0.4, -0.2) is 28.5 Å². The first kappa shape index (κ1) is 9.70. The number of carbonyl (C=O) groups is 1. The molecular weight excluding hydrogens is 194 g/mol. The topological polar surface area (TPSA) is 92.9 Å². The van der Waals surface area contributed by atoms with E-state index < -0.39 is 0 Å². The minimum atomic E-state index is -0.252. The number of piperidine rings is 1. The van der Waals surface area contributed by atoms with Gasteiger partial charge in [-0.3, -0.25) is 4.79 Å². The molecule has 1 saturated heterocycles. The molecule has 80 valence electrons. The Morgan fingerprint density at radius 1 is 1.47 bits per heavy atom. The fourth-order valence-electron chi connectivity index (χ4n) is 1.53. The van der Waals surface area contributed by atoms with E-state index in [4.69, 9.17) is 5.73 Å². The maximum atomic E-state index is 11.4. The number of anilines is 2. The van der Waals surface area contributed by atoms with Gasteiger partial charge in [-0.1, -0.05) is 0 Å². The average Bonchev–Trinajstić information content (AvgIpc) is 2.24. The van der Waals surface area contributed by atoms with Crippen LogP contribution in [0.3, 0.4) is 0 Å². The minimum absolute atomic E-state index is 0.00805. The minimum Gasteiger partial charge on any atom is -0.381 e. The van der Waals surface area contributed by atoms with E-state index in [1.54, 1.807) is 6.20 Å². The summed E-state index contributed by atoms with van der Waals surface area (Å²) in [5, 5.41) is 5.77. The van der Waals surface area contributed by atoms with Crippen LogP contribution in [0.1, 0.15) is 12.8 Å². The van der Waals surface area contributed by atoms with Crippen molar-refractivity contribution in [2.75, 3.05) is 17.6 Å². The summed E-state index contributed by atoms with van der Waals surface area (Å²) >= 11 is 0. The molecule has 2 heterocycles. The third kappa shape index (κ3) is 2.15. The van der Waals surface area contributed by atoms with Crippen LogP contribution in [0.4, 0.5) is 11.6 Å². The summed E-state index contributed by atoms with van der Waals surface area (Å²) in [6.45, 7) is 0.743. The zero-order valence-electron chi connectivity index (χ0n) is 8.23. The van der Waals surface area contributed by atoms with Crippen LogP contribution in [0.15, 0.2) is 12.4 Å². The SMILES string of the molecule is Nc1nccnc1NC1CCCNC1=O. The van der Waals surface area contributed by atoms with Crippen LogP contribution in [0.5, 0.6) is 0 Å². The Labute approximate surface area is 87.3 Å². The van der Waals surface area contributed by atoms with Gasteiger partial charge in [0.15, 0.2) is 11.6 Å². The second-order valence-corrected chi connectivity index (χ2v) is 3.42. The highest BCUT2D eigenvalue weighted by atomic mass is 16.2. The molecule has 4 N–H and O–H groups in total. The molecule has 6 heteroatoms. The van der Waals surface area contributed by atoms with Gasteiger partial charge in [0.25, 0.3) is 0 Å². The molecule has 0 bridgehead atoms. The second kappa shape index (κ2) is 4.12. The van der Waals surface area contributed by atoms with E-state index in [0.717, 1.165) is 19.4 Å². The van der Waals surface area contributed by atoms with Crippen molar-refractivity contribution in [2.45, 2.75) is 18.9 Å². The smallest absolute Gasteiger partial charge is 0.242 e. The van der Waals surface area contributed by atoms with Crippen LogP contribution in [0.25, 0.3) is 0 Å². The highest BCUT2D eigenvalue weighted by Crippen LogP contribution is 2.14. The number of nitrogens with zero attached hydrogens (tertiary/aromatic N) is 2. The Morgan fingerprint density at radius 2 is 2.27 bits per heavy atom. The predicted molar refractivity (Wildman–Crippen MR) is 56.1 cm³/mol. The summed E-state index contributed by atoms with van der Waals surface area (Å²) in [4.78, 5) is 19.4. The number of nitrogens with one attached hydrogen (secondary N) is 2. The molecule has 2 rings (SSSR count). The highest BCUT2D eigenvalue weighted by Gasteiger charge is 2.22. The van der Waals surface area contributed by atoms with Gasteiger partial charge < -0.3 is 16.4 Å². The van der Waals surface area contributed by atoms with Gasteiger partial charge in [0.2, 0.25) is 5.91 Å².